The maximum Gasteiger partial charge on any atom is 0.374 e. The molecule has 1 heterocycles. The number of furan rings is 1. The van der Waals surface area contributed by atoms with Crippen LogP contribution in [-0.4, -0.2) is 25.4 Å². The molecule has 0 saturated carbocycles. The number of rotatable bonds is 6. The average Bonchev–Trinajstić information content (AvgIpc) is 2.96. The standard InChI is InChI=1S/C19H17ClO4S/c1-12-16-11-14(22-2)5-8-17(16)24-18(12)19(21)23-9-10-25-15-6-3-13(20)4-7-15/h3-8,11H,9-10H2,1-2H3. The monoisotopic (exact) mass is 376 g/mol. The van der Waals surface area contributed by atoms with Gasteiger partial charge in [-0.15, -0.1) is 11.8 Å². The highest BCUT2D eigenvalue weighted by Gasteiger charge is 2.19. The molecule has 0 spiro atoms. The van der Waals surface area contributed by atoms with E-state index in [1.165, 1.54) is 0 Å². The number of hydrogen-bond acceptors (Lipinski definition) is 5. The highest BCUT2D eigenvalue weighted by molar-refractivity contribution is 7.99. The maximum absolute atomic E-state index is 12.3. The molecule has 0 unspecified atom stereocenters. The van der Waals surface area contributed by atoms with Crippen molar-refractivity contribution >= 4 is 40.3 Å². The molecular formula is C19H17ClO4S. The Morgan fingerprint density at radius 2 is 1.96 bits per heavy atom. The molecule has 0 fully saturated rings. The zero-order chi connectivity index (χ0) is 17.8. The summed E-state index contributed by atoms with van der Waals surface area (Å²) in [6, 6.07) is 13.0. The fourth-order valence-electron chi connectivity index (χ4n) is 2.41. The minimum atomic E-state index is -0.454. The first-order chi connectivity index (χ1) is 12.1. The van der Waals surface area contributed by atoms with E-state index in [0.29, 0.717) is 23.0 Å². The second-order valence-corrected chi connectivity index (χ2v) is 6.96. The lowest BCUT2D eigenvalue weighted by Gasteiger charge is -2.04. The van der Waals surface area contributed by atoms with Crippen LogP contribution in [0, 0.1) is 6.92 Å². The quantitative estimate of drug-likeness (QED) is 0.329. The first-order valence-electron chi connectivity index (χ1n) is 7.71. The normalized spacial score (nSPS) is 10.8. The number of carbonyl (C=O) groups is 1. The molecule has 0 amide bonds. The first kappa shape index (κ1) is 17.7. The molecule has 0 aliphatic rings. The Labute approximate surface area is 155 Å². The number of fused-ring (bicyclic) bond motifs is 1. The maximum atomic E-state index is 12.3. The summed E-state index contributed by atoms with van der Waals surface area (Å²) in [6.45, 7) is 2.14. The lowest BCUT2D eigenvalue weighted by molar-refractivity contribution is 0.0495. The van der Waals surface area contributed by atoms with Crippen LogP contribution >= 0.6 is 23.4 Å². The van der Waals surface area contributed by atoms with Gasteiger partial charge in [-0.3, -0.25) is 0 Å². The Kier molecular flexibility index (Phi) is 5.56. The molecule has 0 bridgehead atoms. The predicted molar refractivity (Wildman–Crippen MR) is 100.0 cm³/mol. The van der Waals surface area contributed by atoms with Crippen LogP contribution in [0.3, 0.4) is 0 Å². The molecule has 2 aromatic carbocycles. The van der Waals surface area contributed by atoms with E-state index in [9.17, 15) is 4.79 Å². The molecule has 3 rings (SSSR count). The molecule has 0 N–H and O–H groups in total. The number of aryl methyl sites for hydroxylation is 1. The Bertz CT molecular complexity index is 886. The number of benzene rings is 2. The third kappa shape index (κ3) is 4.11. The molecule has 6 heteroatoms. The third-order valence-electron chi connectivity index (χ3n) is 3.73. The Morgan fingerprint density at radius 1 is 1.20 bits per heavy atom. The Hall–Kier alpha value is -2.11. The fraction of sp³-hybridized carbons (Fsp3) is 0.211. The minimum Gasteiger partial charge on any atom is -0.497 e. The molecular weight excluding hydrogens is 360 g/mol. The van der Waals surface area contributed by atoms with Crippen LogP contribution in [0.4, 0.5) is 0 Å². The third-order valence-corrected chi connectivity index (χ3v) is 4.96. The molecule has 0 aliphatic carbocycles. The lowest BCUT2D eigenvalue weighted by Crippen LogP contribution is -2.08. The molecule has 130 valence electrons. The van der Waals surface area contributed by atoms with E-state index in [-0.39, 0.29) is 5.76 Å². The van der Waals surface area contributed by atoms with Gasteiger partial charge in [0.2, 0.25) is 5.76 Å². The Morgan fingerprint density at radius 3 is 2.68 bits per heavy atom. The smallest absolute Gasteiger partial charge is 0.374 e. The first-order valence-corrected chi connectivity index (χ1v) is 9.07. The summed E-state index contributed by atoms with van der Waals surface area (Å²) in [6.07, 6.45) is 0. The summed E-state index contributed by atoms with van der Waals surface area (Å²) in [5.74, 6) is 1.15. The van der Waals surface area contributed by atoms with Gasteiger partial charge in [0.05, 0.1) is 7.11 Å². The van der Waals surface area contributed by atoms with Crippen molar-refractivity contribution in [1.29, 1.82) is 0 Å². The van der Waals surface area contributed by atoms with Gasteiger partial charge in [-0.2, -0.15) is 0 Å². The van der Waals surface area contributed by atoms with E-state index in [1.807, 2.05) is 37.3 Å². The largest absolute Gasteiger partial charge is 0.497 e. The van der Waals surface area contributed by atoms with Crippen molar-refractivity contribution in [1.82, 2.24) is 0 Å². The van der Waals surface area contributed by atoms with Crippen molar-refractivity contribution in [2.75, 3.05) is 19.5 Å². The highest BCUT2D eigenvalue weighted by atomic mass is 35.5. The van der Waals surface area contributed by atoms with Crippen molar-refractivity contribution in [3.05, 3.63) is 58.8 Å². The number of ether oxygens (including phenoxy) is 2. The number of thioether (sulfide) groups is 1. The van der Waals surface area contributed by atoms with Crippen LogP contribution in [0.25, 0.3) is 11.0 Å². The van der Waals surface area contributed by atoms with Crippen molar-refractivity contribution in [2.24, 2.45) is 0 Å². The van der Waals surface area contributed by atoms with Crippen LogP contribution in [0.5, 0.6) is 5.75 Å². The van der Waals surface area contributed by atoms with Gasteiger partial charge < -0.3 is 13.9 Å². The number of carbonyl (C=O) groups excluding carboxylic acids is 1. The summed E-state index contributed by atoms with van der Waals surface area (Å²) in [5.41, 5.74) is 1.39. The second-order valence-electron chi connectivity index (χ2n) is 5.36. The van der Waals surface area contributed by atoms with E-state index < -0.39 is 5.97 Å². The van der Waals surface area contributed by atoms with E-state index in [0.717, 1.165) is 21.6 Å². The molecule has 0 saturated heterocycles. The van der Waals surface area contributed by atoms with Crippen LogP contribution in [0.2, 0.25) is 5.02 Å². The van der Waals surface area contributed by atoms with Crippen molar-refractivity contribution in [3.63, 3.8) is 0 Å². The minimum absolute atomic E-state index is 0.236. The molecule has 0 radical (unpaired) electrons. The topological polar surface area (TPSA) is 48.7 Å². The van der Waals surface area contributed by atoms with Gasteiger partial charge >= 0.3 is 5.97 Å². The molecule has 1 aromatic heterocycles. The zero-order valence-corrected chi connectivity index (χ0v) is 15.4. The summed E-state index contributed by atoms with van der Waals surface area (Å²) >= 11 is 7.45. The van der Waals surface area contributed by atoms with E-state index >= 15 is 0 Å². The molecule has 0 aliphatic heterocycles. The van der Waals surface area contributed by atoms with Crippen LogP contribution in [0.15, 0.2) is 51.8 Å². The number of esters is 1. The predicted octanol–water partition coefficient (Wildman–Crippen LogP) is 5.35. The number of halogens is 1. The molecule has 0 atom stereocenters. The van der Waals surface area contributed by atoms with E-state index in [2.05, 4.69) is 0 Å². The second kappa shape index (κ2) is 7.85. The fourth-order valence-corrected chi connectivity index (χ4v) is 3.27. The highest BCUT2D eigenvalue weighted by Crippen LogP contribution is 2.29. The average molecular weight is 377 g/mol. The van der Waals surface area contributed by atoms with Gasteiger partial charge in [0.1, 0.15) is 17.9 Å². The van der Waals surface area contributed by atoms with Crippen molar-refractivity contribution in [3.8, 4) is 5.75 Å². The van der Waals surface area contributed by atoms with Gasteiger partial charge in [-0.1, -0.05) is 11.6 Å². The van der Waals surface area contributed by atoms with Crippen molar-refractivity contribution in [2.45, 2.75) is 11.8 Å². The van der Waals surface area contributed by atoms with Gasteiger partial charge in [0.15, 0.2) is 0 Å². The lowest BCUT2D eigenvalue weighted by atomic mass is 10.1. The van der Waals surface area contributed by atoms with Crippen molar-refractivity contribution < 1.29 is 18.7 Å². The summed E-state index contributed by atoms with van der Waals surface area (Å²) in [4.78, 5) is 13.3. The number of hydrogen-bond donors (Lipinski definition) is 0. The molecule has 4 nitrogen and oxygen atoms in total. The van der Waals surface area contributed by atoms with Crippen LogP contribution < -0.4 is 4.74 Å². The van der Waals surface area contributed by atoms with E-state index in [4.69, 9.17) is 25.5 Å². The van der Waals surface area contributed by atoms with Gasteiger partial charge in [0, 0.05) is 26.6 Å². The number of methoxy groups -OCH3 is 1. The summed E-state index contributed by atoms with van der Waals surface area (Å²) in [5, 5.41) is 1.55. The van der Waals surface area contributed by atoms with Gasteiger partial charge in [-0.05, 0) is 49.4 Å². The summed E-state index contributed by atoms with van der Waals surface area (Å²) < 4.78 is 16.2. The zero-order valence-electron chi connectivity index (χ0n) is 13.9. The van der Waals surface area contributed by atoms with E-state index in [1.54, 1.807) is 31.0 Å². The SMILES string of the molecule is COc1ccc2oc(C(=O)OCCSc3ccc(Cl)cc3)c(C)c2c1. The van der Waals surface area contributed by atoms with Gasteiger partial charge in [0.25, 0.3) is 0 Å². The molecule has 3 aromatic rings. The van der Waals surface area contributed by atoms with Crippen LogP contribution in [0.1, 0.15) is 16.1 Å². The molecule has 25 heavy (non-hydrogen) atoms. The van der Waals surface area contributed by atoms with Crippen LogP contribution in [-0.2, 0) is 4.74 Å². The van der Waals surface area contributed by atoms with Gasteiger partial charge in [-0.25, -0.2) is 4.79 Å². The summed E-state index contributed by atoms with van der Waals surface area (Å²) in [7, 11) is 1.60. The Balaban J connectivity index is 1.60.